The minimum atomic E-state index is -0.360. The smallest absolute Gasteiger partial charge is 0.317 e. The highest BCUT2D eigenvalue weighted by Gasteiger charge is 1.94. The van der Waals surface area contributed by atoms with Crippen LogP contribution in [0.2, 0.25) is 0 Å². The van der Waals surface area contributed by atoms with Crippen LogP contribution < -0.4 is 5.73 Å². The number of hydrogen-bond acceptors (Lipinski definition) is 4. The molecule has 1 rings (SSSR count). The summed E-state index contributed by atoms with van der Waals surface area (Å²) in [7, 11) is 1.32. The van der Waals surface area contributed by atoms with Crippen molar-refractivity contribution in [2.45, 2.75) is 6.42 Å². The Morgan fingerprint density at radius 2 is 2.43 bits per heavy atom. The number of nitrogens with zero attached hydrogens (tertiary/aromatic N) is 1. The molecular formula is C10H10N2O2. The first-order valence-electron chi connectivity index (χ1n) is 4.00. The van der Waals surface area contributed by atoms with Crippen molar-refractivity contribution in [1.29, 1.82) is 0 Å². The molecule has 0 unspecified atom stereocenters. The van der Waals surface area contributed by atoms with E-state index < -0.39 is 0 Å². The molecule has 0 atom stereocenters. The van der Waals surface area contributed by atoms with Gasteiger partial charge in [-0.05, 0) is 18.1 Å². The number of esters is 1. The summed E-state index contributed by atoms with van der Waals surface area (Å²) in [6, 6.07) is 5.15. The maximum atomic E-state index is 10.7. The standard InChI is InChI=1S/C10H10N2O2/c1-14-10(13)7-3-5-8-4-2-6-9(11)12-8/h2,4,6H,7H2,1H3,(H2,11,12). The number of carbonyl (C=O) groups excluding carboxylic acids is 1. The Hall–Kier alpha value is -2.02. The van der Waals surface area contributed by atoms with E-state index in [9.17, 15) is 4.79 Å². The summed E-state index contributed by atoms with van der Waals surface area (Å²) in [4.78, 5) is 14.6. The molecule has 72 valence electrons. The fraction of sp³-hybridized carbons (Fsp3) is 0.200. The van der Waals surface area contributed by atoms with Crippen molar-refractivity contribution in [3.63, 3.8) is 0 Å². The maximum absolute atomic E-state index is 10.7. The first-order chi connectivity index (χ1) is 6.72. The monoisotopic (exact) mass is 190 g/mol. The number of anilines is 1. The average molecular weight is 190 g/mol. The molecule has 4 nitrogen and oxygen atoms in total. The van der Waals surface area contributed by atoms with Gasteiger partial charge < -0.3 is 10.5 Å². The lowest BCUT2D eigenvalue weighted by Crippen LogP contribution is -1.97. The molecule has 0 saturated heterocycles. The Balaban J connectivity index is 2.64. The minimum absolute atomic E-state index is 0.0625. The summed E-state index contributed by atoms with van der Waals surface area (Å²) < 4.78 is 4.43. The van der Waals surface area contributed by atoms with Gasteiger partial charge in [-0.3, -0.25) is 4.79 Å². The molecule has 0 bridgehead atoms. The van der Waals surface area contributed by atoms with Crippen LogP contribution in [0.3, 0.4) is 0 Å². The van der Waals surface area contributed by atoms with Crippen molar-refractivity contribution < 1.29 is 9.53 Å². The Kier molecular flexibility index (Phi) is 3.50. The van der Waals surface area contributed by atoms with E-state index in [1.54, 1.807) is 18.2 Å². The third-order valence-corrected chi connectivity index (χ3v) is 1.45. The van der Waals surface area contributed by atoms with Gasteiger partial charge in [-0.2, -0.15) is 0 Å². The lowest BCUT2D eigenvalue weighted by molar-refractivity contribution is -0.139. The molecule has 1 heterocycles. The summed E-state index contributed by atoms with van der Waals surface area (Å²) in [6.45, 7) is 0. The number of pyridine rings is 1. The van der Waals surface area contributed by atoms with E-state index in [4.69, 9.17) is 5.73 Å². The summed E-state index contributed by atoms with van der Waals surface area (Å²) in [5.41, 5.74) is 6.00. The van der Waals surface area contributed by atoms with Crippen LogP contribution in [0.25, 0.3) is 0 Å². The number of nitrogen functional groups attached to an aromatic ring is 1. The van der Waals surface area contributed by atoms with Crippen LogP contribution in [0.5, 0.6) is 0 Å². The summed E-state index contributed by atoms with van der Waals surface area (Å²) in [5, 5.41) is 0. The molecule has 4 heteroatoms. The van der Waals surface area contributed by atoms with Gasteiger partial charge in [0.05, 0.1) is 7.11 Å². The van der Waals surface area contributed by atoms with E-state index in [1.807, 2.05) is 0 Å². The van der Waals surface area contributed by atoms with Crippen molar-refractivity contribution in [2.75, 3.05) is 12.8 Å². The zero-order valence-corrected chi connectivity index (χ0v) is 7.78. The van der Waals surface area contributed by atoms with E-state index in [2.05, 4.69) is 21.6 Å². The second kappa shape index (κ2) is 4.87. The molecule has 0 radical (unpaired) electrons. The molecule has 0 aliphatic heterocycles. The Labute approximate surface area is 82.1 Å². The van der Waals surface area contributed by atoms with Crippen molar-refractivity contribution in [3.05, 3.63) is 23.9 Å². The number of ether oxygens (including phenoxy) is 1. The highest BCUT2D eigenvalue weighted by Crippen LogP contribution is 1.98. The quantitative estimate of drug-likeness (QED) is 0.519. The molecule has 0 amide bonds. The van der Waals surface area contributed by atoms with Crippen LogP contribution in [0.4, 0.5) is 5.82 Å². The Bertz CT molecular complexity index is 391. The summed E-state index contributed by atoms with van der Waals surface area (Å²) in [5.74, 6) is 5.40. The second-order valence-corrected chi connectivity index (χ2v) is 2.50. The molecule has 1 aromatic rings. The lowest BCUT2D eigenvalue weighted by Gasteiger charge is -1.92. The van der Waals surface area contributed by atoms with Crippen LogP contribution in [-0.4, -0.2) is 18.1 Å². The summed E-state index contributed by atoms with van der Waals surface area (Å²) >= 11 is 0. The molecule has 0 spiro atoms. The third-order valence-electron chi connectivity index (χ3n) is 1.45. The number of methoxy groups -OCH3 is 1. The first kappa shape index (κ1) is 10.1. The van der Waals surface area contributed by atoms with Crippen molar-refractivity contribution in [3.8, 4) is 11.8 Å². The first-order valence-corrected chi connectivity index (χ1v) is 4.00. The van der Waals surface area contributed by atoms with Gasteiger partial charge in [-0.15, -0.1) is 0 Å². The van der Waals surface area contributed by atoms with Crippen LogP contribution in [0.15, 0.2) is 18.2 Å². The summed E-state index contributed by atoms with van der Waals surface area (Å²) in [6.07, 6.45) is 0.0625. The molecule has 0 aromatic carbocycles. The molecular weight excluding hydrogens is 180 g/mol. The van der Waals surface area contributed by atoms with Gasteiger partial charge in [-0.25, -0.2) is 4.98 Å². The highest BCUT2D eigenvalue weighted by atomic mass is 16.5. The van der Waals surface area contributed by atoms with E-state index in [-0.39, 0.29) is 12.4 Å². The van der Waals surface area contributed by atoms with Gasteiger partial charge in [0.15, 0.2) is 0 Å². The van der Waals surface area contributed by atoms with Gasteiger partial charge in [0.25, 0.3) is 0 Å². The minimum Gasteiger partial charge on any atom is -0.468 e. The zero-order chi connectivity index (χ0) is 10.4. The zero-order valence-electron chi connectivity index (χ0n) is 7.78. The average Bonchev–Trinajstić information content (AvgIpc) is 2.17. The Morgan fingerprint density at radius 1 is 1.64 bits per heavy atom. The maximum Gasteiger partial charge on any atom is 0.317 e. The van der Waals surface area contributed by atoms with Crippen LogP contribution in [0, 0.1) is 11.8 Å². The van der Waals surface area contributed by atoms with Crippen LogP contribution in [0.1, 0.15) is 12.1 Å². The third kappa shape index (κ3) is 3.15. The van der Waals surface area contributed by atoms with E-state index in [0.717, 1.165) is 0 Å². The number of carbonyl (C=O) groups is 1. The predicted octanol–water partition coefficient (Wildman–Crippen LogP) is 0.578. The molecule has 14 heavy (non-hydrogen) atoms. The molecule has 0 saturated carbocycles. The van der Waals surface area contributed by atoms with Gasteiger partial charge in [0.2, 0.25) is 0 Å². The van der Waals surface area contributed by atoms with Crippen molar-refractivity contribution in [1.82, 2.24) is 4.98 Å². The van der Waals surface area contributed by atoms with Crippen LogP contribution >= 0.6 is 0 Å². The van der Waals surface area contributed by atoms with E-state index in [0.29, 0.717) is 11.5 Å². The van der Waals surface area contributed by atoms with Gasteiger partial charge in [-0.1, -0.05) is 12.0 Å². The topological polar surface area (TPSA) is 65.2 Å². The second-order valence-electron chi connectivity index (χ2n) is 2.50. The van der Waals surface area contributed by atoms with E-state index in [1.165, 1.54) is 7.11 Å². The highest BCUT2D eigenvalue weighted by molar-refractivity contribution is 5.72. The molecule has 2 N–H and O–H groups in total. The Morgan fingerprint density at radius 3 is 3.07 bits per heavy atom. The number of hydrogen-bond donors (Lipinski definition) is 1. The normalized spacial score (nSPS) is 8.64. The molecule has 0 aliphatic rings. The number of aromatic nitrogens is 1. The molecule has 0 fully saturated rings. The molecule has 0 aliphatic carbocycles. The lowest BCUT2D eigenvalue weighted by atomic mass is 10.3. The number of rotatable bonds is 1. The SMILES string of the molecule is COC(=O)CC#Cc1cccc(N)n1. The van der Waals surface area contributed by atoms with Gasteiger partial charge in [0.1, 0.15) is 17.9 Å². The van der Waals surface area contributed by atoms with E-state index >= 15 is 0 Å². The largest absolute Gasteiger partial charge is 0.468 e. The fourth-order valence-electron chi connectivity index (χ4n) is 0.800. The van der Waals surface area contributed by atoms with Crippen molar-refractivity contribution >= 4 is 11.8 Å². The van der Waals surface area contributed by atoms with Crippen LogP contribution in [-0.2, 0) is 9.53 Å². The van der Waals surface area contributed by atoms with Gasteiger partial charge >= 0.3 is 5.97 Å². The molecule has 1 aromatic heterocycles. The van der Waals surface area contributed by atoms with Gasteiger partial charge in [0, 0.05) is 0 Å². The fourth-order valence-corrected chi connectivity index (χ4v) is 0.800. The van der Waals surface area contributed by atoms with Crippen molar-refractivity contribution in [2.24, 2.45) is 0 Å². The predicted molar refractivity (Wildman–Crippen MR) is 52.2 cm³/mol. The number of nitrogens with two attached hydrogens (primary N) is 1.